The molecule has 0 atom stereocenters. The van der Waals surface area contributed by atoms with E-state index in [-0.39, 0.29) is 5.91 Å². The number of nitrogens with zero attached hydrogens (tertiary/aromatic N) is 4. The summed E-state index contributed by atoms with van der Waals surface area (Å²) in [5, 5.41) is 0. The molecule has 6 nitrogen and oxygen atoms in total. The van der Waals surface area contributed by atoms with Gasteiger partial charge in [0.15, 0.2) is 0 Å². The lowest BCUT2D eigenvalue weighted by Crippen LogP contribution is -2.48. The maximum absolute atomic E-state index is 12.6. The molecule has 138 valence electrons. The molecule has 0 radical (unpaired) electrons. The number of rotatable bonds is 4. The fourth-order valence-corrected chi connectivity index (χ4v) is 3.15. The third-order valence-electron chi connectivity index (χ3n) is 4.95. The maximum Gasteiger partial charge on any atom is 0.253 e. The van der Waals surface area contributed by atoms with Crippen molar-refractivity contribution in [1.82, 2.24) is 19.8 Å². The van der Waals surface area contributed by atoms with Gasteiger partial charge < -0.3 is 9.64 Å². The zero-order valence-electron chi connectivity index (χ0n) is 16.0. The van der Waals surface area contributed by atoms with E-state index in [1.54, 1.807) is 7.11 Å². The summed E-state index contributed by atoms with van der Waals surface area (Å²) in [7, 11) is 1.62. The Bertz CT molecular complexity index is 781. The van der Waals surface area contributed by atoms with Crippen molar-refractivity contribution in [2.75, 3.05) is 33.3 Å². The van der Waals surface area contributed by atoms with Crippen LogP contribution in [0.1, 0.15) is 33.1 Å². The van der Waals surface area contributed by atoms with Gasteiger partial charge in [0.1, 0.15) is 5.75 Å². The van der Waals surface area contributed by atoms with Gasteiger partial charge in [0.05, 0.1) is 29.9 Å². The van der Waals surface area contributed by atoms with Gasteiger partial charge in [-0.05, 0) is 45.0 Å². The van der Waals surface area contributed by atoms with Crippen LogP contribution in [-0.4, -0.2) is 59.0 Å². The van der Waals surface area contributed by atoms with Crippen molar-refractivity contribution in [2.45, 2.75) is 27.3 Å². The van der Waals surface area contributed by atoms with Gasteiger partial charge in [-0.15, -0.1) is 0 Å². The van der Waals surface area contributed by atoms with Crippen LogP contribution >= 0.6 is 0 Å². The highest BCUT2D eigenvalue weighted by atomic mass is 16.5. The number of amides is 1. The topological polar surface area (TPSA) is 58.6 Å². The smallest absolute Gasteiger partial charge is 0.253 e. The molecule has 0 spiro atoms. The normalized spacial score (nSPS) is 15.2. The van der Waals surface area contributed by atoms with Gasteiger partial charge in [0.2, 0.25) is 0 Å². The van der Waals surface area contributed by atoms with E-state index in [1.165, 1.54) is 0 Å². The Kier molecular flexibility index (Phi) is 5.52. The fourth-order valence-electron chi connectivity index (χ4n) is 3.15. The average Bonchev–Trinajstić information content (AvgIpc) is 2.66. The van der Waals surface area contributed by atoms with Crippen molar-refractivity contribution < 1.29 is 9.53 Å². The number of carbonyl (C=O) groups excluding carboxylic acids is 1. The molecule has 0 unspecified atom stereocenters. The van der Waals surface area contributed by atoms with Crippen LogP contribution in [0.25, 0.3) is 0 Å². The van der Waals surface area contributed by atoms with Crippen LogP contribution in [0.4, 0.5) is 0 Å². The maximum atomic E-state index is 12.6. The number of ether oxygens (including phenoxy) is 1. The molecular formula is C20H26N4O2. The Balaban J connectivity index is 1.58. The largest absolute Gasteiger partial charge is 0.497 e. The van der Waals surface area contributed by atoms with Crippen LogP contribution in [0.15, 0.2) is 24.3 Å². The average molecular weight is 354 g/mol. The van der Waals surface area contributed by atoms with Gasteiger partial charge in [-0.3, -0.25) is 19.7 Å². The third-order valence-corrected chi connectivity index (χ3v) is 4.95. The predicted molar refractivity (Wildman–Crippen MR) is 100 cm³/mol. The second kappa shape index (κ2) is 7.83. The van der Waals surface area contributed by atoms with Crippen LogP contribution < -0.4 is 4.74 Å². The molecule has 26 heavy (non-hydrogen) atoms. The Morgan fingerprint density at radius 2 is 1.58 bits per heavy atom. The van der Waals surface area contributed by atoms with Gasteiger partial charge >= 0.3 is 0 Å². The molecule has 0 saturated carbocycles. The molecule has 2 aromatic rings. The van der Waals surface area contributed by atoms with E-state index in [0.29, 0.717) is 5.56 Å². The summed E-state index contributed by atoms with van der Waals surface area (Å²) in [5.41, 5.74) is 4.70. The number of hydrogen-bond acceptors (Lipinski definition) is 5. The third kappa shape index (κ3) is 4.02. The number of methoxy groups -OCH3 is 1. The quantitative estimate of drug-likeness (QED) is 0.844. The number of carbonyl (C=O) groups is 1. The zero-order valence-corrected chi connectivity index (χ0v) is 16.0. The van der Waals surface area contributed by atoms with Crippen LogP contribution in [-0.2, 0) is 6.54 Å². The number of hydrogen-bond donors (Lipinski definition) is 0. The number of piperazine rings is 1. The predicted octanol–water partition coefficient (Wildman–Crippen LogP) is 2.37. The lowest BCUT2D eigenvalue weighted by Gasteiger charge is -2.34. The zero-order chi connectivity index (χ0) is 18.7. The molecule has 1 aliphatic heterocycles. The first kappa shape index (κ1) is 18.3. The van der Waals surface area contributed by atoms with E-state index in [4.69, 9.17) is 4.74 Å². The van der Waals surface area contributed by atoms with Crippen molar-refractivity contribution >= 4 is 5.91 Å². The first-order chi connectivity index (χ1) is 12.5. The number of benzene rings is 1. The van der Waals surface area contributed by atoms with Crippen LogP contribution in [0.3, 0.4) is 0 Å². The highest BCUT2D eigenvalue weighted by Gasteiger charge is 2.23. The van der Waals surface area contributed by atoms with E-state index in [1.807, 2.05) is 49.9 Å². The van der Waals surface area contributed by atoms with Crippen LogP contribution in [0.2, 0.25) is 0 Å². The first-order valence-corrected chi connectivity index (χ1v) is 8.94. The van der Waals surface area contributed by atoms with Gasteiger partial charge in [0.25, 0.3) is 5.91 Å². The highest BCUT2D eigenvalue weighted by molar-refractivity contribution is 5.94. The molecule has 1 amide bonds. The molecule has 1 aliphatic rings. The van der Waals surface area contributed by atoms with Gasteiger partial charge in [-0.1, -0.05) is 0 Å². The van der Waals surface area contributed by atoms with Gasteiger partial charge in [0, 0.05) is 38.3 Å². The van der Waals surface area contributed by atoms with E-state index >= 15 is 0 Å². The molecule has 0 aliphatic carbocycles. The first-order valence-electron chi connectivity index (χ1n) is 8.94. The minimum Gasteiger partial charge on any atom is -0.497 e. The van der Waals surface area contributed by atoms with Crippen LogP contribution in [0, 0.1) is 20.8 Å². The van der Waals surface area contributed by atoms with E-state index in [9.17, 15) is 4.79 Å². The molecular weight excluding hydrogens is 328 g/mol. The number of aryl methyl sites for hydroxylation is 3. The molecule has 0 bridgehead atoms. The Morgan fingerprint density at radius 1 is 0.962 bits per heavy atom. The Labute approximate surface area is 154 Å². The molecule has 3 rings (SSSR count). The molecule has 2 heterocycles. The molecule has 6 heteroatoms. The summed E-state index contributed by atoms with van der Waals surface area (Å²) in [5.74, 6) is 0.839. The Morgan fingerprint density at radius 3 is 2.19 bits per heavy atom. The fraction of sp³-hybridized carbons (Fsp3) is 0.450. The molecule has 1 fully saturated rings. The van der Waals surface area contributed by atoms with E-state index in [2.05, 4.69) is 14.9 Å². The molecule has 1 aromatic heterocycles. The molecule has 1 saturated heterocycles. The summed E-state index contributed by atoms with van der Waals surface area (Å²) in [6, 6.07) is 7.29. The van der Waals surface area contributed by atoms with Gasteiger partial charge in [-0.25, -0.2) is 0 Å². The second-order valence-corrected chi connectivity index (χ2v) is 6.72. The summed E-state index contributed by atoms with van der Waals surface area (Å²) in [6.07, 6.45) is 0. The highest BCUT2D eigenvalue weighted by Crippen LogP contribution is 2.16. The summed E-state index contributed by atoms with van der Waals surface area (Å²) in [4.78, 5) is 26.2. The van der Waals surface area contributed by atoms with Crippen molar-refractivity contribution in [1.29, 1.82) is 0 Å². The van der Waals surface area contributed by atoms with Crippen molar-refractivity contribution in [3.05, 3.63) is 52.6 Å². The van der Waals surface area contributed by atoms with Gasteiger partial charge in [-0.2, -0.15) is 0 Å². The molecule has 0 N–H and O–H groups in total. The number of aromatic nitrogens is 2. The van der Waals surface area contributed by atoms with E-state index in [0.717, 1.165) is 61.2 Å². The summed E-state index contributed by atoms with van der Waals surface area (Å²) < 4.78 is 5.15. The minimum atomic E-state index is 0.0782. The van der Waals surface area contributed by atoms with E-state index < -0.39 is 0 Å². The Hall–Kier alpha value is -2.47. The van der Waals surface area contributed by atoms with Crippen LogP contribution in [0.5, 0.6) is 5.75 Å². The monoisotopic (exact) mass is 354 g/mol. The lowest BCUT2D eigenvalue weighted by molar-refractivity contribution is 0.0626. The standard InChI is InChI=1S/C20H26N4O2/c1-14-15(2)22-19(16(3)21-14)13-23-9-11-24(12-10-23)20(25)17-5-7-18(26-4)8-6-17/h5-8H,9-13H2,1-4H3. The SMILES string of the molecule is COc1ccc(C(=O)N2CCN(Cc3nc(C)c(C)nc3C)CC2)cc1. The second-order valence-electron chi connectivity index (χ2n) is 6.72. The minimum absolute atomic E-state index is 0.0782. The molecule has 1 aromatic carbocycles. The van der Waals surface area contributed by atoms with Crippen molar-refractivity contribution in [2.24, 2.45) is 0 Å². The van der Waals surface area contributed by atoms with Crippen molar-refractivity contribution in [3.8, 4) is 5.75 Å². The summed E-state index contributed by atoms with van der Waals surface area (Å²) >= 11 is 0. The summed E-state index contributed by atoms with van der Waals surface area (Å²) in [6.45, 7) is 9.92. The van der Waals surface area contributed by atoms with Crippen molar-refractivity contribution in [3.63, 3.8) is 0 Å². The lowest BCUT2D eigenvalue weighted by atomic mass is 10.1.